The fraction of sp³-hybridized carbons (Fsp3) is 0.444. The lowest BCUT2D eigenvalue weighted by atomic mass is 10.2. The van der Waals surface area contributed by atoms with E-state index in [0.29, 0.717) is 36.1 Å². The molecule has 28 heavy (non-hydrogen) atoms. The molecule has 0 bridgehead atoms. The smallest absolute Gasteiger partial charge is 0.264 e. The van der Waals surface area contributed by atoms with E-state index in [1.165, 1.54) is 15.6 Å². The van der Waals surface area contributed by atoms with Crippen LogP contribution in [0.3, 0.4) is 0 Å². The van der Waals surface area contributed by atoms with Gasteiger partial charge in [-0.1, -0.05) is 6.07 Å². The number of aromatic nitrogens is 1. The summed E-state index contributed by atoms with van der Waals surface area (Å²) in [5.74, 6) is 0.842. The number of carbonyl (C=O) groups is 1. The quantitative estimate of drug-likeness (QED) is 0.731. The Bertz CT molecular complexity index is 956. The van der Waals surface area contributed by atoms with Gasteiger partial charge in [0.25, 0.3) is 5.91 Å². The highest BCUT2D eigenvalue weighted by Gasteiger charge is 2.31. The minimum Gasteiger partial charge on any atom is -0.497 e. The van der Waals surface area contributed by atoms with Crippen LogP contribution in [0.5, 0.6) is 11.5 Å². The molecule has 10 heteroatoms. The Morgan fingerprint density at radius 1 is 1.36 bits per heavy atom. The third-order valence-corrected chi connectivity index (χ3v) is 7.53. The lowest BCUT2D eigenvalue weighted by Crippen LogP contribution is -2.39. The van der Waals surface area contributed by atoms with Gasteiger partial charge in [0.2, 0.25) is 10.0 Å². The summed E-state index contributed by atoms with van der Waals surface area (Å²) in [5, 5.41) is 2.71. The molecule has 0 saturated carbocycles. The van der Waals surface area contributed by atoms with Crippen LogP contribution in [0.1, 0.15) is 24.4 Å². The van der Waals surface area contributed by atoms with Crippen molar-refractivity contribution in [2.24, 2.45) is 0 Å². The van der Waals surface area contributed by atoms with Crippen LogP contribution in [0.2, 0.25) is 0 Å². The first-order chi connectivity index (χ1) is 13.3. The van der Waals surface area contributed by atoms with E-state index in [-0.39, 0.29) is 12.5 Å². The van der Waals surface area contributed by atoms with Crippen molar-refractivity contribution < 1.29 is 22.7 Å². The van der Waals surface area contributed by atoms with E-state index >= 15 is 0 Å². The zero-order valence-electron chi connectivity index (χ0n) is 16.0. The topological polar surface area (TPSA) is 97.8 Å². The number of nitrogens with one attached hydrogen (secondary N) is 1. The van der Waals surface area contributed by atoms with Crippen molar-refractivity contribution in [2.75, 3.05) is 25.6 Å². The number of anilines is 1. The summed E-state index contributed by atoms with van der Waals surface area (Å²) in [6.07, 6.45) is 0.536. The minimum absolute atomic E-state index is 0.161. The van der Waals surface area contributed by atoms with Crippen molar-refractivity contribution in [3.63, 3.8) is 0 Å². The van der Waals surface area contributed by atoms with Gasteiger partial charge in [-0.25, -0.2) is 13.4 Å². The molecule has 3 rings (SSSR count). The van der Waals surface area contributed by atoms with E-state index in [0.717, 1.165) is 10.6 Å². The third kappa shape index (κ3) is 4.62. The summed E-state index contributed by atoms with van der Waals surface area (Å²) < 4.78 is 36.8. The number of ether oxygens (including phenoxy) is 2. The maximum atomic E-state index is 12.4. The molecular formula is C18H23N3O5S2. The molecule has 8 nitrogen and oxygen atoms in total. The monoisotopic (exact) mass is 425 g/mol. The summed E-state index contributed by atoms with van der Waals surface area (Å²) in [5.41, 5.74) is 0.837. The van der Waals surface area contributed by atoms with Crippen LogP contribution in [-0.4, -0.2) is 49.1 Å². The highest BCUT2D eigenvalue weighted by molar-refractivity contribution is 7.89. The largest absolute Gasteiger partial charge is 0.497 e. The SMILES string of the molecule is COc1cccc(OCC(=O)Nc2nc3c(s2)CN(S(=O)(=O)C(C)C)CC3)c1. The lowest BCUT2D eigenvalue weighted by Gasteiger charge is -2.26. The maximum Gasteiger partial charge on any atom is 0.264 e. The number of sulfonamides is 1. The second-order valence-corrected chi connectivity index (χ2v) is 10.2. The summed E-state index contributed by atoms with van der Waals surface area (Å²) in [6, 6.07) is 6.99. The number of rotatable bonds is 7. The van der Waals surface area contributed by atoms with Crippen LogP contribution in [-0.2, 0) is 27.8 Å². The van der Waals surface area contributed by atoms with Crippen LogP contribution in [0, 0.1) is 0 Å². The summed E-state index contributed by atoms with van der Waals surface area (Å²) in [4.78, 5) is 17.4. The second-order valence-electron chi connectivity index (χ2n) is 6.58. The fourth-order valence-corrected chi connectivity index (χ4v) is 5.11. The highest BCUT2D eigenvalue weighted by Crippen LogP contribution is 2.30. The average Bonchev–Trinajstić information content (AvgIpc) is 3.07. The molecular weight excluding hydrogens is 402 g/mol. The van der Waals surface area contributed by atoms with E-state index in [2.05, 4.69) is 10.3 Å². The normalized spacial score (nSPS) is 14.6. The number of thiazole rings is 1. The number of hydrogen-bond donors (Lipinski definition) is 1. The van der Waals surface area contributed by atoms with Gasteiger partial charge in [0, 0.05) is 30.5 Å². The van der Waals surface area contributed by atoms with Crippen LogP contribution in [0.15, 0.2) is 24.3 Å². The molecule has 2 aromatic rings. The van der Waals surface area contributed by atoms with Crippen molar-refractivity contribution >= 4 is 32.4 Å². The Morgan fingerprint density at radius 2 is 2.11 bits per heavy atom. The molecule has 1 amide bonds. The Morgan fingerprint density at radius 3 is 2.82 bits per heavy atom. The molecule has 0 spiro atoms. The summed E-state index contributed by atoms with van der Waals surface area (Å²) in [6.45, 7) is 3.88. The van der Waals surface area contributed by atoms with Crippen molar-refractivity contribution in [1.82, 2.24) is 9.29 Å². The van der Waals surface area contributed by atoms with E-state index in [9.17, 15) is 13.2 Å². The number of carbonyl (C=O) groups excluding carboxylic acids is 1. The van der Waals surface area contributed by atoms with Crippen molar-refractivity contribution in [3.05, 3.63) is 34.8 Å². The number of amides is 1. The van der Waals surface area contributed by atoms with E-state index in [1.54, 1.807) is 45.2 Å². The first kappa shape index (κ1) is 20.6. The van der Waals surface area contributed by atoms with Gasteiger partial charge in [0.15, 0.2) is 11.7 Å². The molecule has 0 atom stereocenters. The van der Waals surface area contributed by atoms with Crippen LogP contribution < -0.4 is 14.8 Å². The highest BCUT2D eigenvalue weighted by atomic mass is 32.2. The molecule has 0 saturated heterocycles. The predicted octanol–water partition coefficient (Wildman–Crippen LogP) is 2.27. The second kappa shape index (κ2) is 8.46. The molecule has 1 aliphatic heterocycles. The van der Waals surface area contributed by atoms with Crippen LogP contribution >= 0.6 is 11.3 Å². The maximum absolute atomic E-state index is 12.4. The van der Waals surface area contributed by atoms with E-state index in [1.807, 2.05) is 0 Å². The Balaban J connectivity index is 1.59. The number of fused-ring (bicyclic) bond motifs is 1. The zero-order valence-corrected chi connectivity index (χ0v) is 17.6. The van der Waals surface area contributed by atoms with Crippen LogP contribution in [0.25, 0.3) is 0 Å². The molecule has 0 radical (unpaired) electrons. The lowest BCUT2D eigenvalue weighted by molar-refractivity contribution is -0.118. The van der Waals surface area contributed by atoms with Gasteiger partial charge in [-0.3, -0.25) is 10.1 Å². The van der Waals surface area contributed by atoms with Crippen molar-refractivity contribution in [2.45, 2.75) is 32.1 Å². The number of methoxy groups -OCH3 is 1. The molecule has 2 heterocycles. The standard InChI is InChI=1S/C18H23N3O5S2/c1-12(2)28(23,24)21-8-7-15-16(10-21)27-18(19-15)20-17(22)11-26-14-6-4-5-13(9-14)25-3/h4-6,9,12H,7-8,10-11H2,1-3H3,(H,19,20,22). The molecule has 0 aliphatic carbocycles. The first-order valence-electron chi connectivity index (χ1n) is 8.84. The first-order valence-corrected chi connectivity index (χ1v) is 11.2. The van der Waals surface area contributed by atoms with Crippen molar-refractivity contribution in [3.8, 4) is 11.5 Å². The molecule has 0 unspecified atom stereocenters. The minimum atomic E-state index is -3.31. The van der Waals surface area contributed by atoms with E-state index < -0.39 is 15.3 Å². The van der Waals surface area contributed by atoms with Gasteiger partial charge in [0.1, 0.15) is 11.5 Å². The van der Waals surface area contributed by atoms with Crippen LogP contribution in [0.4, 0.5) is 5.13 Å². The van der Waals surface area contributed by atoms with E-state index in [4.69, 9.17) is 9.47 Å². The van der Waals surface area contributed by atoms with Gasteiger partial charge < -0.3 is 9.47 Å². The zero-order chi connectivity index (χ0) is 20.3. The van der Waals surface area contributed by atoms with Gasteiger partial charge in [-0.15, -0.1) is 11.3 Å². The average molecular weight is 426 g/mol. The third-order valence-electron chi connectivity index (χ3n) is 4.31. The number of nitrogens with zero attached hydrogens (tertiary/aromatic N) is 2. The number of hydrogen-bond acceptors (Lipinski definition) is 7. The fourth-order valence-electron chi connectivity index (χ4n) is 2.74. The summed E-state index contributed by atoms with van der Waals surface area (Å²) >= 11 is 1.30. The molecule has 1 aromatic carbocycles. The Labute approximate surface area is 168 Å². The van der Waals surface area contributed by atoms with Gasteiger partial charge in [0.05, 0.1) is 18.1 Å². The summed E-state index contributed by atoms with van der Waals surface area (Å²) in [7, 11) is -1.75. The predicted molar refractivity (Wildman–Crippen MR) is 107 cm³/mol. The van der Waals surface area contributed by atoms with Gasteiger partial charge in [-0.2, -0.15) is 4.31 Å². The molecule has 1 aromatic heterocycles. The molecule has 1 aliphatic rings. The molecule has 152 valence electrons. The van der Waals surface area contributed by atoms with Gasteiger partial charge in [-0.05, 0) is 26.0 Å². The number of benzene rings is 1. The van der Waals surface area contributed by atoms with Gasteiger partial charge >= 0.3 is 0 Å². The Kier molecular flexibility index (Phi) is 6.21. The Hall–Kier alpha value is -2.17. The molecule has 0 fully saturated rings. The molecule has 1 N–H and O–H groups in total. The van der Waals surface area contributed by atoms with Crippen molar-refractivity contribution in [1.29, 1.82) is 0 Å².